The Kier molecular flexibility index (Phi) is 3.47. The number of hydrogen-bond donors (Lipinski definition) is 4. The molecule has 0 aromatic carbocycles. The van der Waals surface area contributed by atoms with Gasteiger partial charge in [-0.3, -0.25) is 9.89 Å². The van der Waals surface area contributed by atoms with Crippen molar-refractivity contribution in [1.82, 2.24) is 20.5 Å². The SMILES string of the molecule is Cc1nc(CNC(=O)c2[nH]ncc2N)sc1C(=O)O. The maximum atomic E-state index is 11.7. The number of carboxylic acid groups (broad SMARTS) is 1. The van der Waals surface area contributed by atoms with E-state index in [2.05, 4.69) is 20.5 Å². The molecule has 0 atom stereocenters. The molecule has 0 aliphatic carbocycles. The fourth-order valence-corrected chi connectivity index (χ4v) is 2.29. The monoisotopic (exact) mass is 281 g/mol. The van der Waals surface area contributed by atoms with Crippen LogP contribution < -0.4 is 11.1 Å². The summed E-state index contributed by atoms with van der Waals surface area (Å²) in [4.78, 5) is 26.8. The Morgan fingerprint density at radius 3 is 2.84 bits per heavy atom. The van der Waals surface area contributed by atoms with E-state index in [1.807, 2.05) is 0 Å². The van der Waals surface area contributed by atoms with Crippen LogP contribution >= 0.6 is 11.3 Å². The van der Waals surface area contributed by atoms with E-state index < -0.39 is 11.9 Å². The van der Waals surface area contributed by atoms with Crippen LogP contribution in [0, 0.1) is 6.92 Å². The van der Waals surface area contributed by atoms with Gasteiger partial charge >= 0.3 is 5.97 Å². The van der Waals surface area contributed by atoms with Crippen LogP contribution in [0.4, 0.5) is 5.69 Å². The van der Waals surface area contributed by atoms with Crippen LogP contribution in [0.15, 0.2) is 6.20 Å². The highest BCUT2D eigenvalue weighted by molar-refractivity contribution is 7.13. The first kappa shape index (κ1) is 13.0. The number of carboxylic acids is 1. The van der Waals surface area contributed by atoms with Crippen molar-refractivity contribution in [2.24, 2.45) is 0 Å². The molecule has 1 amide bonds. The van der Waals surface area contributed by atoms with Crippen LogP contribution in [0.3, 0.4) is 0 Å². The Morgan fingerprint density at radius 1 is 1.58 bits per heavy atom. The number of thiazole rings is 1. The maximum absolute atomic E-state index is 11.7. The van der Waals surface area contributed by atoms with Gasteiger partial charge in [0.2, 0.25) is 0 Å². The minimum Gasteiger partial charge on any atom is -0.477 e. The quantitative estimate of drug-likeness (QED) is 0.640. The van der Waals surface area contributed by atoms with Crippen molar-refractivity contribution in [3.8, 4) is 0 Å². The van der Waals surface area contributed by atoms with Crippen LogP contribution in [0.2, 0.25) is 0 Å². The van der Waals surface area contributed by atoms with E-state index in [1.54, 1.807) is 6.92 Å². The van der Waals surface area contributed by atoms with Crippen LogP contribution in [-0.2, 0) is 6.54 Å². The Hall–Kier alpha value is -2.42. The lowest BCUT2D eigenvalue weighted by Crippen LogP contribution is -2.24. The number of nitrogens with one attached hydrogen (secondary N) is 2. The van der Waals surface area contributed by atoms with Gasteiger partial charge < -0.3 is 16.2 Å². The Labute approximate surface area is 111 Å². The fourth-order valence-electron chi connectivity index (χ4n) is 1.45. The third kappa shape index (κ3) is 2.71. The number of carbonyl (C=O) groups is 2. The molecule has 2 rings (SSSR count). The standard InChI is InChI=1S/C10H11N5O3S/c1-4-8(10(17)18)19-6(14-4)3-12-9(16)7-5(11)2-13-15-7/h2H,3,11H2,1H3,(H,12,16)(H,13,15)(H,17,18). The number of amides is 1. The van der Waals surface area contributed by atoms with Crippen molar-refractivity contribution >= 4 is 28.9 Å². The molecular weight excluding hydrogens is 270 g/mol. The molecule has 2 aromatic rings. The number of nitrogen functional groups attached to an aromatic ring is 1. The van der Waals surface area contributed by atoms with Gasteiger partial charge in [0.1, 0.15) is 15.6 Å². The van der Waals surface area contributed by atoms with E-state index in [4.69, 9.17) is 10.8 Å². The van der Waals surface area contributed by atoms with Crippen molar-refractivity contribution in [3.05, 3.63) is 27.5 Å². The summed E-state index contributed by atoms with van der Waals surface area (Å²) in [6, 6.07) is 0. The van der Waals surface area contributed by atoms with Crippen LogP contribution in [0.5, 0.6) is 0 Å². The van der Waals surface area contributed by atoms with Crippen molar-refractivity contribution < 1.29 is 14.7 Å². The van der Waals surface area contributed by atoms with Gasteiger partial charge in [-0.1, -0.05) is 0 Å². The number of nitrogens with zero attached hydrogens (tertiary/aromatic N) is 2. The Morgan fingerprint density at radius 2 is 2.32 bits per heavy atom. The molecule has 0 fully saturated rings. The molecule has 9 heteroatoms. The zero-order chi connectivity index (χ0) is 14.0. The predicted octanol–water partition coefficient (Wildman–Crippen LogP) is 0.385. The van der Waals surface area contributed by atoms with Gasteiger partial charge in [0.05, 0.1) is 24.1 Å². The number of nitrogens with two attached hydrogens (primary N) is 1. The average molecular weight is 281 g/mol. The number of aromatic amines is 1. The maximum Gasteiger partial charge on any atom is 0.347 e. The highest BCUT2D eigenvalue weighted by Crippen LogP contribution is 2.18. The summed E-state index contributed by atoms with van der Waals surface area (Å²) < 4.78 is 0. The Bertz CT molecular complexity index is 633. The summed E-state index contributed by atoms with van der Waals surface area (Å²) in [5.74, 6) is -1.44. The lowest BCUT2D eigenvalue weighted by atomic mass is 10.3. The normalized spacial score (nSPS) is 10.4. The minimum absolute atomic E-state index is 0.135. The molecule has 0 saturated carbocycles. The number of rotatable bonds is 4. The first-order valence-electron chi connectivity index (χ1n) is 5.25. The van der Waals surface area contributed by atoms with Crippen LogP contribution in [0.25, 0.3) is 0 Å². The molecule has 0 spiro atoms. The van der Waals surface area contributed by atoms with Gasteiger partial charge in [-0.05, 0) is 6.92 Å². The smallest absolute Gasteiger partial charge is 0.347 e. The van der Waals surface area contributed by atoms with Crippen molar-refractivity contribution in [3.63, 3.8) is 0 Å². The van der Waals surface area contributed by atoms with E-state index in [0.29, 0.717) is 10.7 Å². The van der Waals surface area contributed by atoms with Crippen molar-refractivity contribution in [2.75, 3.05) is 5.73 Å². The topological polar surface area (TPSA) is 134 Å². The summed E-state index contributed by atoms with van der Waals surface area (Å²) in [6.45, 7) is 1.74. The summed E-state index contributed by atoms with van der Waals surface area (Å²) in [6.07, 6.45) is 1.34. The number of aromatic carboxylic acids is 1. The highest BCUT2D eigenvalue weighted by Gasteiger charge is 2.16. The molecule has 2 aromatic heterocycles. The van der Waals surface area contributed by atoms with Crippen LogP contribution in [0.1, 0.15) is 30.9 Å². The second kappa shape index (κ2) is 5.06. The van der Waals surface area contributed by atoms with Crippen molar-refractivity contribution in [1.29, 1.82) is 0 Å². The summed E-state index contributed by atoms with van der Waals surface area (Å²) in [5, 5.41) is 18.1. The number of anilines is 1. The van der Waals surface area contributed by atoms with Gasteiger partial charge in [-0.2, -0.15) is 5.10 Å². The molecule has 0 radical (unpaired) electrons. The summed E-state index contributed by atoms with van der Waals surface area (Å²) in [5.41, 5.74) is 6.39. The number of aryl methyl sites for hydroxylation is 1. The first-order valence-corrected chi connectivity index (χ1v) is 6.07. The highest BCUT2D eigenvalue weighted by atomic mass is 32.1. The second-order valence-corrected chi connectivity index (χ2v) is 4.79. The van der Waals surface area contributed by atoms with Crippen LogP contribution in [-0.4, -0.2) is 32.2 Å². The lowest BCUT2D eigenvalue weighted by molar-refractivity contribution is 0.0701. The van der Waals surface area contributed by atoms with E-state index in [9.17, 15) is 9.59 Å². The van der Waals surface area contributed by atoms with Gasteiger partial charge in [0.25, 0.3) is 5.91 Å². The van der Waals surface area contributed by atoms with E-state index in [1.165, 1.54) is 6.20 Å². The Balaban J connectivity index is 2.03. The first-order chi connectivity index (χ1) is 8.99. The molecule has 2 heterocycles. The summed E-state index contributed by atoms with van der Waals surface area (Å²) in [7, 11) is 0. The zero-order valence-corrected chi connectivity index (χ0v) is 10.7. The molecule has 8 nitrogen and oxygen atoms in total. The number of H-pyrrole nitrogens is 1. The number of carbonyl (C=O) groups excluding carboxylic acids is 1. The molecular formula is C10H11N5O3S. The molecule has 0 saturated heterocycles. The fraction of sp³-hybridized carbons (Fsp3) is 0.200. The average Bonchev–Trinajstić information content (AvgIpc) is 2.92. The second-order valence-electron chi connectivity index (χ2n) is 3.71. The third-order valence-electron chi connectivity index (χ3n) is 2.33. The van der Waals surface area contributed by atoms with Gasteiger partial charge in [0.15, 0.2) is 0 Å². The summed E-state index contributed by atoms with van der Waals surface area (Å²) >= 11 is 1.03. The number of hydrogen-bond acceptors (Lipinski definition) is 6. The van der Waals surface area contributed by atoms with Gasteiger partial charge in [-0.15, -0.1) is 11.3 Å². The minimum atomic E-state index is -1.02. The predicted molar refractivity (Wildman–Crippen MR) is 68.0 cm³/mol. The van der Waals surface area contributed by atoms with Gasteiger partial charge in [0, 0.05) is 0 Å². The van der Waals surface area contributed by atoms with E-state index in [-0.39, 0.29) is 22.8 Å². The molecule has 0 aliphatic rings. The lowest BCUT2D eigenvalue weighted by Gasteiger charge is -2.01. The molecule has 0 aliphatic heterocycles. The largest absolute Gasteiger partial charge is 0.477 e. The van der Waals surface area contributed by atoms with Gasteiger partial charge in [-0.25, -0.2) is 9.78 Å². The van der Waals surface area contributed by atoms with E-state index in [0.717, 1.165) is 11.3 Å². The zero-order valence-electron chi connectivity index (χ0n) is 9.93. The molecule has 19 heavy (non-hydrogen) atoms. The number of aromatic nitrogens is 3. The van der Waals surface area contributed by atoms with Crippen molar-refractivity contribution in [2.45, 2.75) is 13.5 Å². The molecule has 5 N–H and O–H groups in total. The third-order valence-corrected chi connectivity index (χ3v) is 3.48. The van der Waals surface area contributed by atoms with E-state index >= 15 is 0 Å². The molecule has 0 unspecified atom stereocenters. The molecule has 0 bridgehead atoms. The molecule has 100 valence electrons.